The van der Waals surface area contributed by atoms with E-state index in [0.29, 0.717) is 11.1 Å². The average Bonchev–Trinajstić information content (AvgIpc) is 2.78. The number of methoxy groups -OCH3 is 1. The summed E-state index contributed by atoms with van der Waals surface area (Å²) in [5.74, 6) is 0.811. The first-order valence-electron chi connectivity index (χ1n) is 10.8. The highest BCUT2D eigenvalue weighted by Gasteiger charge is 2.06. The molecule has 0 bridgehead atoms. The minimum atomic E-state index is 0.686. The maximum absolute atomic E-state index is 10.6. The Morgan fingerprint density at radius 2 is 1.06 bits per heavy atom. The third kappa shape index (κ3) is 10.9. The van der Waals surface area contributed by atoms with E-state index in [1.165, 1.54) is 0 Å². The largest absolute Gasteiger partial charge is 0.496 e. The molecule has 0 aliphatic carbocycles. The van der Waals surface area contributed by atoms with Crippen LogP contribution in [0.2, 0.25) is 0 Å². The van der Waals surface area contributed by atoms with Gasteiger partial charge in [0.15, 0.2) is 0 Å². The monoisotopic (exact) mass is 442 g/mol. The van der Waals surface area contributed by atoms with Gasteiger partial charge in [0, 0.05) is 11.1 Å². The smallest absolute Gasteiger partial charge is 0.145 e. The van der Waals surface area contributed by atoms with Crippen LogP contribution in [0.3, 0.4) is 0 Å². The minimum absolute atomic E-state index is 0.686. The molecule has 0 spiro atoms. The molecule has 172 valence electrons. The maximum atomic E-state index is 10.6. The van der Waals surface area contributed by atoms with Gasteiger partial charge in [0.25, 0.3) is 0 Å². The Balaban J connectivity index is 3.07. The number of rotatable bonds is 11. The van der Waals surface area contributed by atoms with Crippen LogP contribution in [0.5, 0.6) is 5.75 Å². The van der Waals surface area contributed by atoms with Gasteiger partial charge < -0.3 is 4.74 Å². The van der Waals surface area contributed by atoms with Gasteiger partial charge in [-0.1, -0.05) is 84.1 Å². The number of aryl methyl sites for hydroxylation is 1. The van der Waals surface area contributed by atoms with Crippen molar-refractivity contribution in [3.05, 3.63) is 112 Å². The van der Waals surface area contributed by atoms with E-state index < -0.39 is 0 Å². The zero-order chi connectivity index (χ0) is 24.6. The number of benzene rings is 1. The number of carbonyl (C=O) groups is 2. The second-order valence-corrected chi connectivity index (χ2v) is 7.79. The zero-order valence-electron chi connectivity index (χ0n) is 20.5. The molecule has 0 atom stereocenters. The Bertz CT molecular complexity index is 987. The Hall–Kier alpha value is -3.72. The summed E-state index contributed by atoms with van der Waals surface area (Å²) in [7, 11) is 1.68. The molecular weight excluding hydrogens is 408 g/mol. The number of aldehydes is 2. The Morgan fingerprint density at radius 1 is 0.667 bits per heavy atom. The van der Waals surface area contributed by atoms with E-state index in [0.717, 1.165) is 46.2 Å². The molecule has 33 heavy (non-hydrogen) atoms. The molecule has 0 amide bonds. The summed E-state index contributed by atoms with van der Waals surface area (Å²) in [6.45, 7) is 9.62. The molecule has 1 aromatic carbocycles. The number of hydrogen-bond donors (Lipinski definition) is 0. The van der Waals surface area contributed by atoms with Gasteiger partial charge in [-0.3, -0.25) is 9.59 Å². The Morgan fingerprint density at radius 3 is 1.42 bits per heavy atom. The van der Waals surface area contributed by atoms with Crippen molar-refractivity contribution in [3.8, 4) is 5.75 Å². The molecule has 0 saturated carbocycles. The molecular formula is C30H34O3. The number of allylic oxidation sites excluding steroid dienone is 14. The first-order valence-corrected chi connectivity index (χ1v) is 10.8. The molecule has 1 rings (SSSR count). The van der Waals surface area contributed by atoms with Crippen molar-refractivity contribution in [2.24, 2.45) is 0 Å². The minimum Gasteiger partial charge on any atom is -0.496 e. The SMILES string of the molecule is COc1c(/C=C/C=C(C)/C=C/C=C(\C)C=O)cc(C)cc1/C=C/C=C(C)/C=C/C=C(\C)C=O. The summed E-state index contributed by atoms with van der Waals surface area (Å²) < 4.78 is 5.70. The molecule has 3 heteroatoms. The van der Waals surface area contributed by atoms with Crippen LogP contribution in [0.1, 0.15) is 44.4 Å². The molecule has 0 aromatic heterocycles. The summed E-state index contributed by atoms with van der Waals surface area (Å²) >= 11 is 0. The van der Waals surface area contributed by atoms with Crippen LogP contribution in [0, 0.1) is 6.92 Å². The van der Waals surface area contributed by atoms with Crippen LogP contribution in [-0.2, 0) is 9.59 Å². The van der Waals surface area contributed by atoms with Crippen molar-refractivity contribution in [1.82, 2.24) is 0 Å². The van der Waals surface area contributed by atoms with Crippen LogP contribution in [0.4, 0.5) is 0 Å². The second kappa shape index (κ2) is 15.1. The van der Waals surface area contributed by atoms with Crippen molar-refractivity contribution in [1.29, 1.82) is 0 Å². The molecule has 0 radical (unpaired) electrons. The number of hydrogen-bond acceptors (Lipinski definition) is 3. The predicted molar refractivity (Wildman–Crippen MR) is 141 cm³/mol. The van der Waals surface area contributed by atoms with Crippen molar-refractivity contribution in [3.63, 3.8) is 0 Å². The third-order valence-corrected chi connectivity index (χ3v) is 4.57. The van der Waals surface area contributed by atoms with Gasteiger partial charge in [-0.15, -0.1) is 0 Å². The second-order valence-electron chi connectivity index (χ2n) is 7.79. The van der Waals surface area contributed by atoms with Crippen molar-refractivity contribution < 1.29 is 14.3 Å². The first-order chi connectivity index (χ1) is 15.8. The molecule has 1 aromatic rings. The van der Waals surface area contributed by atoms with E-state index in [1.807, 2.05) is 74.6 Å². The highest BCUT2D eigenvalue weighted by atomic mass is 16.5. The van der Waals surface area contributed by atoms with E-state index in [4.69, 9.17) is 4.74 Å². The lowest BCUT2D eigenvalue weighted by Gasteiger charge is -2.10. The van der Waals surface area contributed by atoms with Gasteiger partial charge in [0.1, 0.15) is 18.3 Å². The van der Waals surface area contributed by atoms with E-state index >= 15 is 0 Å². The lowest BCUT2D eigenvalue weighted by atomic mass is 10.0. The number of ether oxygens (including phenoxy) is 1. The Labute approximate surface area is 198 Å². The van der Waals surface area contributed by atoms with Crippen molar-refractivity contribution >= 4 is 24.7 Å². The molecule has 0 fully saturated rings. The van der Waals surface area contributed by atoms with E-state index in [1.54, 1.807) is 33.1 Å². The van der Waals surface area contributed by atoms with Crippen LogP contribution >= 0.6 is 0 Å². The summed E-state index contributed by atoms with van der Waals surface area (Å²) in [6.07, 6.45) is 24.9. The van der Waals surface area contributed by atoms with E-state index in [2.05, 4.69) is 19.1 Å². The van der Waals surface area contributed by atoms with Gasteiger partial charge in [0.2, 0.25) is 0 Å². The lowest BCUT2D eigenvalue weighted by molar-refractivity contribution is -0.105. The van der Waals surface area contributed by atoms with Crippen LogP contribution < -0.4 is 4.74 Å². The van der Waals surface area contributed by atoms with E-state index in [9.17, 15) is 9.59 Å². The molecule has 0 saturated heterocycles. The fraction of sp³-hybridized carbons (Fsp3) is 0.200. The summed E-state index contributed by atoms with van der Waals surface area (Å²) in [5.41, 5.74) is 6.64. The maximum Gasteiger partial charge on any atom is 0.145 e. The first kappa shape index (κ1) is 27.3. The predicted octanol–water partition coefficient (Wildman–Crippen LogP) is 7.33. The number of carbonyl (C=O) groups excluding carboxylic acids is 2. The van der Waals surface area contributed by atoms with Crippen LogP contribution in [0.15, 0.2) is 95.2 Å². The van der Waals surface area contributed by atoms with Gasteiger partial charge in [0.05, 0.1) is 7.11 Å². The average molecular weight is 443 g/mol. The summed E-state index contributed by atoms with van der Waals surface area (Å²) in [6, 6.07) is 4.18. The van der Waals surface area contributed by atoms with Crippen LogP contribution in [0.25, 0.3) is 12.2 Å². The zero-order valence-corrected chi connectivity index (χ0v) is 20.5. The lowest BCUT2D eigenvalue weighted by Crippen LogP contribution is -1.92. The van der Waals surface area contributed by atoms with Crippen LogP contribution in [-0.4, -0.2) is 19.7 Å². The normalized spacial score (nSPS) is 14.2. The fourth-order valence-corrected chi connectivity index (χ4v) is 2.81. The molecule has 0 heterocycles. The van der Waals surface area contributed by atoms with Gasteiger partial charge in [-0.25, -0.2) is 0 Å². The Kier molecular flexibility index (Phi) is 12.5. The van der Waals surface area contributed by atoms with Crippen molar-refractivity contribution in [2.45, 2.75) is 34.6 Å². The van der Waals surface area contributed by atoms with Gasteiger partial charge >= 0.3 is 0 Å². The quantitative estimate of drug-likeness (QED) is 0.205. The highest BCUT2D eigenvalue weighted by molar-refractivity contribution is 5.73. The fourth-order valence-electron chi connectivity index (χ4n) is 2.81. The summed E-state index contributed by atoms with van der Waals surface area (Å²) in [4.78, 5) is 21.3. The topological polar surface area (TPSA) is 43.4 Å². The molecule has 0 N–H and O–H groups in total. The highest BCUT2D eigenvalue weighted by Crippen LogP contribution is 2.28. The van der Waals surface area contributed by atoms with E-state index in [-0.39, 0.29) is 0 Å². The molecule has 0 aliphatic heterocycles. The summed E-state index contributed by atoms with van der Waals surface area (Å²) in [5, 5.41) is 0. The van der Waals surface area contributed by atoms with Gasteiger partial charge in [-0.05, 0) is 63.5 Å². The third-order valence-electron chi connectivity index (χ3n) is 4.57. The van der Waals surface area contributed by atoms with Crippen molar-refractivity contribution in [2.75, 3.05) is 7.11 Å². The molecule has 0 aliphatic rings. The molecule has 3 nitrogen and oxygen atoms in total. The standard InChI is InChI=1S/C30H34O3/c1-23(11-7-15-25(3)21-31)13-9-17-28-19-27(5)20-29(30(28)33-6)18-10-14-24(2)12-8-16-26(4)22-32/h7-22H,1-6H3/b11-7+,12-8+,17-9+,18-10+,23-13+,24-14+,25-15+,26-16+. The van der Waals surface area contributed by atoms with Gasteiger partial charge in [-0.2, -0.15) is 0 Å². The molecule has 0 unspecified atom stereocenters.